The van der Waals surface area contributed by atoms with Crippen LogP contribution in [0.3, 0.4) is 0 Å². The maximum Gasteiger partial charge on any atom is 0.304 e. The molecule has 0 amide bonds. The molecular weight excluding hydrogens is 158 g/mol. The number of hydrogen-bond donors (Lipinski definition) is 3. The van der Waals surface area contributed by atoms with Gasteiger partial charge in [-0.3, -0.25) is 10.2 Å². The zero-order valence-electron chi connectivity index (χ0n) is 7.05. The Morgan fingerprint density at radius 1 is 1.50 bits per heavy atom. The summed E-state index contributed by atoms with van der Waals surface area (Å²) >= 11 is 0. The highest BCUT2D eigenvalue weighted by molar-refractivity contribution is 5.66. The molecule has 3 N–H and O–H groups in total. The predicted octanol–water partition coefficient (Wildman–Crippen LogP) is -1.13. The minimum atomic E-state index is -0.752. The minimum absolute atomic E-state index is 0.184. The second-order valence-corrected chi connectivity index (χ2v) is 2.79. The van der Waals surface area contributed by atoms with Gasteiger partial charge in [0, 0.05) is 32.7 Å². The molecule has 0 spiro atoms. The summed E-state index contributed by atoms with van der Waals surface area (Å²) < 4.78 is 0. The molecule has 0 aromatic rings. The number of nitrogens with one attached hydrogen (secondary N) is 2. The van der Waals surface area contributed by atoms with Gasteiger partial charge in [-0.2, -0.15) is 0 Å². The first kappa shape index (κ1) is 9.44. The van der Waals surface area contributed by atoms with E-state index < -0.39 is 5.97 Å². The van der Waals surface area contributed by atoms with Gasteiger partial charge in [-0.15, -0.1) is 0 Å². The third-order valence-electron chi connectivity index (χ3n) is 1.79. The van der Waals surface area contributed by atoms with Gasteiger partial charge in [0.1, 0.15) is 0 Å². The lowest BCUT2D eigenvalue weighted by atomic mass is 10.4. The van der Waals surface area contributed by atoms with Gasteiger partial charge < -0.3 is 10.4 Å². The highest BCUT2D eigenvalue weighted by Crippen LogP contribution is 1.86. The Labute approximate surface area is 71.7 Å². The van der Waals surface area contributed by atoms with Crippen molar-refractivity contribution in [3.63, 3.8) is 0 Å². The van der Waals surface area contributed by atoms with Crippen molar-refractivity contribution in [3.8, 4) is 0 Å². The molecule has 1 saturated heterocycles. The Hall–Kier alpha value is -0.650. The predicted molar refractivity (Wildman–Crippen MR) is 44.7 cm³/mol. The number of piperazine rings is 1. The zero-order chi connectivity index (χ0) is 8.81. The first-order chi connectivity index (χ1) is 5.79. The van der Waals surface area contributed by atoms with E-state index in [1.165, 1.54) is 0 Å². The van der Waals surface area contributed by atoms with Crippen molar-refractivity contribution in [2.75, 3.05) is 32.7 Å². The highest BCUT2D eigenvalue weighted by Gasteiger charge is 2.08. The van der Waals surface area contributed by atoms with Crippen molar-refractivity contribution in [1.82, 2.24) is 15.8 Å². The molecule has 1 aliphatic heterocycles. The second kappa shape index (κ2) is 5.08. The third kappa shape index (κ3) is 3.66. The Morgan fingerprint density at radius 2 is 2.17 bits per heavy atom. The molecule has 12 heavy (non-hydrogen) atoms. The number of aliphatic carboxylic acids is 1. The smallest absolute Gasteiger partial charge is 0.304 e. The van der Waals surface area contributed by atoms with Crippen LogP contribution >= 0.6 is 0 Å². The molecule has 0 aromatic carbocycles. The standard InChI is InChI=1S/C7H15N3O2/c11-7(12)1-2-9-10-5-3-8-4-6-10/h8-9H,1-6H2,(H,11,12). The van der Waals surface area contributed by atoms with Gasteiger partial charge in [0.2, 0.25) is 0 Å². The summed E-state index contributed by atoms with van der Waals surface area (Å²) in [5.74, 6) is -0.752. The summed E-state index contributed by atoms with van der Waals surface area (Å²) in [6, 6.07) is 0. The van der Waals surface area contributed by atoms with Crippen LogP contribution in [0.1, 0.15) is 6.42 Å². The molecule has 1 rings (SSSR count). The van der Waals surface area contributed by atoms with Crippen LogP contribution in [0.5, 0.6) is 0 Å². The maximum atomic E-state index is 10.2. The summed E-state index contributed by atoms with van der Waals surface area (Å²) in [4.78, 5) is 10.2. The van der Waals surface area contributed by atoms with E-state index in [9.17, 15) is 4.79 Å². The van der Waals surface area contributed by atoms with Crippen LogP contribution < -0.4 is 10.7 Å². The monoisotopic (exact) mass is 173 g/mol. The van der Waals surface area contributed by atoms with Crippen LogP contribution in [-0.4, -0.2) is 48.8 Å². The molecule has 0 aliphatic carbocycles. The lowest BCUT2D eigenvalue weighted by Gasteiger charge is -2.27. The van der Waals surface area contributed by atoms with Crippen LogP contribution in [0.2, 0.25) is 0 Å². The number of rotatable bonds is 4. The van der Waals surface area contributed by atoms with E-state index in [0.717, 1.165) is 26.2 Å². The molecule has 0 unspecified atom stereocenters. The van der Waals surface area contributed by atoms with Gasteiger partial charge in [0.15, 0.2) is 0 Å². The maximum absolute atomic E-state index is 10.2. The normalized spacial score (nSPS) is 19.3. The number of carboxylic acid groups (broad SMARTS) is 1. The van der Waals surface area contributed by atoms with Crippen LogP contribution in [0.15, 0.2) is 0 Å². The fraction of sp³-hybridized carbons (Fsp3) is 0.857. The third-order valence-corrected chi connectivity index (χ3v) is 1.79. The summed E-state index contributed by atoms with van der Waals surface area (Å²) in [6.07, 6.45) is 0.184. The topological polar surface area (TPSA) is 64.6 Å². The largest absolute Gasteiger partial charge is 0.481 e. The number of carboxylic acids is 1. The van der Waals surface area contributed by atoms with E-state index in [4.69, 9.17) is 5.11 Å². The van der Waals surface area contributed by atoms with Crippen molar-refractivity contribution in [1.29, 1.82) is 0 Å². The van der Waals surface area contributed by atoms with Crippen molar-refractivity contribution in [2.24, 2.45) is 0 Å². The molecule has 5 heteroatoms. The molecule has 0 bridgehead atoms. The molecule has 0 aromatic heterocycles. The molecule has 0 radical (unpaired) electrons. The van der Waals surface area contributed by atoms with E-state index in [1.807, 2.05) is 0 Å². The average molecular weight is 173 g/mol. The Balaban J connectivity index is 2.01. The fourth-order valence-corrected chi connectivity index (χ4v) is 1.14. The molecule has 1 aliphatic rings. The molecule has 1 heterocycles. The lowest BCUT2D eigenvalue weighted by Crippen LogP contribution is -2.50. The van der Waals surface area contributed by atoms with Gasteiger partial charge in [-0.25, -0.2) is 5.01 Å². The zero-order valence-corrected chi connectivity index (χ0v) is 7.05. The Bertz CT molecular complexity index is 146. The summed E-state index contributed by atoms with van der Waals surface area (Å²) in [6.45, 7) is 4.36. The highest BCUT2D eigenvalue weighted by atomic mass is 16.4. The van der Waals surface area contributed by atoms with Gasteiger partial charge in [-0.05, 0) is 0 Å². The fourth-order valence-electron chi connectivity index (χ4n) is 1.14. The van der Waals surface area contributed by atoms with Crippen LogP contribution in [0, 0.1) is 0 Å². The van der Waals surface area contributed by atoms with E-state index >= 15 is 0 Å². The van der Waals surface area contributed by atoms with Gasteiger partial charge >= 0.3 is 5.97 Å². The SMILES string of the molecule is O=C(O)CCNN1CCNCC1. The average Bonchev–Trinajstić information content (AvgIpc) is 2.05. The van der Waals surface area contributed by atoms with Gasteiger partial charge in [0.05, 0.1) is 6.42 Å². The first-order valence-electron chi connectivity index (χ1n) is 4.20. The Morgan fingerprint density at radius 3 is 2.75 bits per heavy atom. The second-order valence-electron chi connectivity index (χ2n) is 2.79. The number of carbonyl (C=O) groups is 1. The van der Waals surface area contributed by atoms with Crippen molar-refractivity contribution in [3.05, 3.63) is 0 Å². The number of hydrogen-bond acceptors (Lipinski definition) is 4. The number of nitrogens with zero attached hydrogens (tertiary/aromatic N) is 1. The molecule has 5 nitrogen and oxygen atoms in total. The van der Waals surface area contributed by atoms with Crippen LogP contribution in [-0.2, 0) is 4.79 Å². The molecular formula is C7H15N3O2. The first-order valence-corrected chi connectivity index (χ1v) is 4.20. The van der Waals surface area contributed by atoms with E-state index in [0.29, 0.717) is 6.54 Å². The van der Waals surface area contributed by atoms with Gasteiger partial charge in [0.25, 0.3) is 0 Å². The molecule has 0 atom stereocenters. The van der Waals surface area contributed by atoms with Gasteiger partial charge in [-0.1, -0.05) is 0 Å². The van der Waals surface area contributed by atoms with Crippen molar-refractivity contribution in [2.45, 2.75) is 6.42 Å². The van der Waals surface area contributed by atoms with Crippen molar-refractivity contribution >= 4 is 5.97 Å². The van der Waals surface area contributed by atoms with E-state index in [2.05, 4.69) is 15.8 Å². The minimum Gasteiger partial charge on any atom is -0.481 e. The number of hydrazine groups is 1. The quantitative estimate of drug-likeness (QED) is 0.502. The van der Waals surface area contributed by atoms with Crippen molar-refractivity contribution < 1.29 is 9.90 Å². The van der Waals surface area contributed by atoms with E-state index in [-0.39, 0.29) is 6.42 Å². The molecule has 0 saturated carbocycles. The Kier molecular flexibility index (Phi) is 3.99. The summed E-state index contributed by atoms with van der Waals surface area (Å²) in [7, 11) is 0. The molecule has 1 fully saturated rings. The van der Waals surface area contributed by atoms with Crippen LogP contribution in [0.25, 0.3) is 0 Å². The summed E-state index contributed by atoms with van der Waals surface area (Å²) in [5, 5.41) is 13.6. The van der Waals surface area contributed by atoms with E-state index in [1.54, 1.807) is 0 Å². The molecule has 70 valence electrons. The lowest BCUT2D eigenvalue weighted by molar-refractivity contribution is -0.137. The summed E-state index contributed by atoms with van der Waals surface area (Å²) in [5.41, 5.74) is 3.07. The van der Waals surface area contributed by atoms with Crippen LogP contribution in [0.4, 0.5) is 0 Å².